The Kier molecular flexibility index (Phi) is 6.87. The summed E-state index contributed by atoms with van der Waals surface area (Å²) in [7, 11) is 4.21. The molecule has 0 saturated carbocycles. The van der Waals surface area contributed by atoms with Crippen molar-refractivity contribution in [3.63, 3.8) is 0 Å². The van der Waals surface area contributed by atoms with Gasteiger partial charge in [-0.25, -0.2) is 4.39 Å². The van der Waals surface area contributed by atoms with Gasteiger partial charge in [-0.05, 0) is 50.4 Å². The Bertz CT molecular complexity index is 501. The van der Waals surface area contributed by atoms with Gasteiger partial charge in [0.05, 0.1) is 6.54 Å². The summed E-state index contributed by atoms with van der Waals surface area (Å²) in [5, 5.41) is 6.19. The van der Waals surface area contributed by atoms with E-state index in [4.69, 9.17) is 0 Å². The number of carbonyl (C=O) groups is 1. The summed E-state index contributed by atoms with van der Waals surface area (Å²) < 4.78 is 12.8. The fraction of sp³-hybridized carbons (Fsp3) is 0.588. The van der Waals surface area contributed by atoms with Crippen LogP contribution in [0.4, 0.5) is 4.39 Å². The highest BCUT2D eigenvalue weighted by Crippen LogP contribution is 2.31. The maximum Gasteiger partial charge on any atom is 0.233 e. The summed E-state index contributed by atoms with van der Waals surface area (Å²) >= 11 is 1.97. The zero-order valence-electron chi connectivity index (χ0n) is 13.9. The van der Waals surface area contributed by atoms with Crippen molar-refractivity contribution in [2.24, 2.45) is 0 Å². The molecule has 2 rings (SSSR count). The molecule has 1 aliphatic rings. The molecule has 2 N–H and O–H groups in total. The number of thioether (sulfide) groups is 1. The predicted molar refractivity (Wildman–Crippen MR) is 94.3 cm³/mol. The van der Waals surface area contributed by atoms with Gasteiger partial charge < -0.3 is 15.5 Å². The number of benzene rings is 1. The molecule has 0 bridgehead atoms. The van der Waals surface area contributed by atoms with Crippen LogP contribution in [0, 0.1) is 5.82 Å². The quantitative estimate of drug-likeness (QED) is 0.754. The van der Waals surface area contributed by atoms with E-state index in [9.17, 15) is 9.18 Å². The number of nitrogens with one attached hydrogen (secondary N) is 2. The van der Waals surface area contributed by atoms with Crippen LogP contribution in [0.25, 0.3) is 0 Å². The molecule has 4 nitrogen and oxygen atoms in total. The van der Waals surface area contributed by atoms with Crippen molar-refractivity contribution in [3.8, 4) is 0 Å². The molecule has 0 unspecified atom stereocenters. The molecule has 1 atom stereocenters. The first-order chi connectivity index (χ1) is 11.0. The van der Waals surface area contributed by atoms with Crippen LogP contribution in [-0.4, -0.2) is 61.6 Å². The number of carbonyl (C=O) groups excluding carboxylic acids is 1. The third kappa shape index (κ3) is 5.48. The molecule has 1 aromatic carbocycles. The minimum absolute atomic E-state index is 0.00617. The minimum Gasteiger partial charge on any atom is -0.355 e. The number of likely N-dealkylation sites (N-methyl/N-ethyl adjacent to an activating group) is 1. The second-order valence-electron chi connectivity index (χ2n) is 6.25. The van der Waals surface area contributed by atoms with Gasteiger partial charge in [0.2, 0.25) is 5.91 Å². The first-order valence-electron chi connectivity index (χ1n) is 7.99. The van der Waals surface area contributed by atoms with Gasteiger partial charge in [0.25, 0.3) is 0 Å². The lowest BCUT2D eigenvalue weighted by Crippen LogP contribution is -2.53. The lowest BCUT2D eigenvalue weighted by Gasteiger charge is -2.35. The van der Waals surface area contributed by atoms with Crippen molar-refractivity contribution >= 4 is 17.7 Å². The third-order valence-corrected chi connectivity index (χ3v) is 5.65. The lowest BCUT2D eigenvalue weighted by atomic mass is 9.97. The summed E-state index contributed by atoms with van der Waals surface area (Å²) in [5.74, 6) is 2.07. The lowest BCUT2D eigenvalue weighted by molar-refractivity contribution is -0.120. The maximum absolute atomic E-state index is 12.8. The van der Waals surface area contributed by atoms with E-state index in [0.29, 0.717) is 19.5 Å². The fourth-order valence-electron chi connectivity index (χ4n) is 2.72. The molecule has 1 aromatic rings. The van der Waals surface area contributed by atoms with Crippen molar-refractivity contribution < 1.29 is 9.18 Å². The topological polar surface area (TPSA) is 44.4 Å². The van der Waals surface area contributed by atoms with Gasteiger partial charge in [-0.15, -0.1) is 0 Å². The first kappa shape index (κ1) is 18.2. The van der Waals surface area contributed by atoms with Crippen LogP contribution in [0.15, 0.2) is 24.3 Å². The zero-order chi connectivity index (χ0) is 16.7. The molecule has 6 heteroatoms. The van der Waals surface area contributed by atoms with Crippen molar-refractivity contribution in [1.29, 1.82) is 0 Å². The highest BCUT2D eigenvalue weighted by atomic mass is 32.2. The summed E-state index contributed by atoms with van der Waals surface area (Å²) in [6, 6.07) is 6.38. The van der Waals surface area contributed by atoms with E-state index >= 15 is 0 Å². The number of hydrogen-bond acceptors (Lipinski definition) is 4. The molecular formula is C17H26FN3OS. The van der Waals surface area contributed by atoms with Crippen LogP contribution in [0.3, 0.4) is 0 Å². The Morgan fingerprint density at radius 2 is 2.09 bits per heavy atom. The molecule has 0 aromatic heterocycles. The van der Waals surface area contributed by atoms with Crippen LogP contribution >= 0.6 is 11.8 Å². The van der Waals surface area contributed by atoms with Crippen molar-refractivity contribution in [1.82, 2.24) is 15.5 Å². The van der Waals surface area contributed by atoms with E-state index < -0.39 is 0 Å². The predicted octanol–water partition coefficient (Wildman–Crippen LogP) is 1.51. The number of hydrogen-bond donors (Lipinski definition) is 2. The van der Waals surface area contributed by atoms with Gasteiger partial charge in [0, 0.05) is 24.4 Å². The van der Waals surface area contributed by atoms with E-state index in [2.05, 4.69) is 29.6 Å². The van der Waals surface area contributed by atoms with E-state index in [0.717, 1.165) is 24.3 Å². The van der Waals surface area contributed by atoms with Gasteiger partial charge in [0.1, 0.15) is 5.82 Å². The van der Waals surface area contributed by atoms with Crippen LogP contribution < -0.4 is 10.6 Å². The second kappa shape index (κ2) is 8.66. The summed E-state index contributed by atoms with van der Waals surface area (Å²) in [6.07, 6.45) is 1.87. The largest absolute Gasteiger partial charge is 0.355 e. The molecule has 1 heterocycles. The van der Waals surface area contributed by atoms with Crippen molar-refractivity contribution in [3.05, 3.63) is 35.6 Å². The number of halogens is 1. The average Bonchev–Trinajstić information content (AvgIpc) is 2.99. The Morgan fingerprint density at radius 1 is 1.35 bits per heavy atom. The normalized spacial score (nSPS) is 20.9. The molecule has 1 amide bonds. The summed E-state index contributed by atoms with van der Waals surface area (Å²) in [5.41, 5.74) is 1.19. The SMILES string of the molecule is CN(C)[C@@]1(CNCC(=O)NCCc2ccc(F)cc2)CCSC1. The minimum atomic E-state index is -0.234. The highest BCUT2D eigenvalue weighted by molar-refractivity contribution is 7.99. The number of amides is 1. The molecular weight excluding hydrogens is 313 g/mol. The Morgan fingerprint density at radius 3 is 2.70 bits per heavy atom. The van der Waals surface area contributed by atoms with Crippen LogP contribution in [0.2, 0.25) is 0 Å². The number of rotatable bonds is 8. The van der Waals surface area contributed by atoms with Gasteiger partial charge >= 0.3 is 0 Å². The van der Waals surface area contributed by atoms with Gasteiger partial charge in [-0.3, -0.25) is 4.79 Å². The monoisotopic (exact) mass is 339 g/mol. The fourth-order valence-corrected chi connectivity index (χ4v) is 4.27. The zero-order valence-corrected chi connectivity index (χ0v) is 14.7. The van der Waals surface area contributed by atoms with Crippen molar-refractivity contribution in [2.75, 3.05) is 45.2 Å². The summed E-state index contributed by atoms with van der Waals surface area (Å²) in [4.78, 5) is 14.2. The molecule has 0 spiro atoms. The third-order valence-electron chi connectivity index (χ3n) is 4.42. The van der Waals surface area contributed by atoms with Gasteiger partial charge in [0.15, 0.2) is 0 Å². The van der Waals surface area contributed by atoms with Gasteiger partial charge in [-0.1, -0.05) is 12.1 Å². The Balaban J connectivity index is 1.64. The van der Waals surface area contributed by atoms with Crippen LogP contribution in [0.5, 0.6) is 0 Å². The average molecular weight is 339 g/mol. The van der Waals surface area contributed by atoms with Gasteiger partial charge in [-0.2, -0.15) is 11.8 Å². The van der Waals surface area contributed by atoms with E-state index in [1.165, 1.54) is 17.9 Å². The highest BCUT2D eigenvalue weighted by Gasteiger charge is 2.36. The summed E-state index contributed by atoms with van der Waals surface area (Å²) in [6.45, 7) is 1.74. The Labute approximate surface area is 142 Å². The molecule has 1 fully saturated rings. The molecule has 128 valence electrons. The van der Waals surface area contributed by atoms with Crippen molar-refractivity contribution in [2.45, 2.75) is 18.4 Å². The first-order valence-corrected chi connectivity index (χ1v) is 9.14. The van der Waals surface area contributed by atoms with E-state index in [1.807, 2.05) is 11.8 Å². The molecule has 1 aliphatic heterocycles. The molecule has 0 radical (unpaired) electrons. The van der Waals surface area contributed by atoms with Crippen LogP contribution in [0.1, 0.15) is 12.0 Å². The second-order valence-corrected chi connectivity index (χ2v) is 7.36. The Hall–Kier alpha value is -1.11. The van der Waals surface area contributed by atoms with E-state index in [1.54, 1.807) is 12.1 Å². The standard InChI is InChI=1S/C17H26FN3OS/c1-21(2)17(8-10-23-13-17)12-19-11-16(22)20-9-7-14-3-5-15(18)6-4-14/h3-6,19H,7-13H2,1-2H3,(H,20,22)/t17-/m1/s1. The molecule has 0 aliphatic carbocycles. The van der Waals surface area contributed by atoms with Crippen LogP contribution in [-0.2, 0) is 11.2 Å². The molecule has 1 saturated heterocycles. The van der Waals surface area contributed by atoms with E-state index in [-0.39, 0.29) is 17.3 Å². The molecule has 23 heavy (non-hydrogen) atoms. The number of nitrogens with zero attached hydrogens (tertiary/aromatic N) is 1. The smallest absolute Gasteiger partial charge is 0.233 e. The maximum atomic E-state index is 12.8.